The summed E-state index contributed by atoms with van der Waals surface area (Å²) in [6.07, 6.45) is 3.28. The third-order valence-electron chi connectivity index (χ3n) is 5.05. The van der Waals surface area contributed by atoms with Crippen LogP contribution < -0.4 is 9.67 Å². The lowest BCUT2D eigenvalue weighted by Crippen LogP contribution is -2.40. The molecule has 10 heteroatoms. The number of imide groups is 1. The fraction of sp³-hybridized carbons (Fsp3) is 0.182. The zero-order chi connectivity index (χ0) is 23.0. The van der Waals surface area contributed by atoms with E-state index in [1.165, 1.54) is 17.7 Å². The molecule has 0 N–H and O–H groups in total. The highest BCUT2D eigenvalue weighted by Crippen LogP contribution is 2.37. The van der Waals surface area contributed by atoms with Crippen molar-refractivity contribution in [2.45, 2.75) is 6.92 Å². The minimum Gasteiger partial charge on any atom is -0.858 e. The summed E-state index contributed by atoms with van der Waals surface area (Å²) in [5, 5.41) is 18.3. The van der Waals surface area contributed by atoms with E-state index in [1.54, 1.807) is 49.6 Å². The molecule has 3 heterocycles. The average molecular weight is 473 g/mol. The third kappa shape index (κ3) is 3.66. The Morgan fingerprint density at radius 3 is 2.47 bits per heavy atom. The van der Waals surface area contributed by atoms with E-state index in [0.717, 1.165) is 9.58 Å². The topological polar surface area (TPSA) is 91.4 Å². The first kappa shape index (κ1) is 22.0. The van der Waals surface area contributed by atoms with E-state index in [0.29, 0.717) is 16.4 Å². The van der Waals surface area contributed by atoms with Crippen LogP contribution in [0.25, 0.3) is 17.0 Å². The number of ether oxygens (including phenoxy) is 1. The lowest BCUT2D eigenvalue weighted by Gasteiger charge is -2.15. The van der Waals surface area contributed by atoms with Gasteiger partial charge in [0, 0.05) is 24.8 Å². The summed E-state index contributed by atoms with van der Waals surface area (Å²) in [6, 6.07) is 9.90. The molecule has 0 spiro atoms. The van der Waals surface area contributed by atoms with Crippen LogP contribution in [0.1, 0.15) is 11.3 Å². The molecule has 2 amide bonds. The highest BCUT2D eigenvalue weighted by molar-refractivity contribution is 6.45. The second-order valence-corrected chi connectivity index (χ2v) is 7.85. The van der Waals surface area contributed by atoms with Gasteiger partial charge in [-0.15, -0.1) is 0 Å². The molecule has 2 aromatic heterocycles. The maximum atomic E-state index is 13.4. The zero-order valence-corrected chi connectivity index (χ0v) is 18.7. The Hall–Kier alpha value is -3.20. The van der Waals surface area contributed by atoms with Crippen LogP contribution in [0, 0.1) is 6.92 Å². The van der Waals surface area contributed by atoms with E-state index in [4.69, 9.17) is 27.9 Å². The van der Waals surface area contributed by atoms with Gasteiger partial charge in [-0.2, -0.15) is 9.67 Å². The minimum atomic E-state index is -0.577. The quantitative estimate of drug-likeness (QED) is 0.405. The molecule has 4 rings (SSSR count). The Morgan fingerprint density at radius 1 is 1.09 bits per heavy atom. The molecule has 3 aromatic rings. The number of rotatable bonds is 6. The molecule has 0 radical (unpaired) electrons. The van der Waals surface area contributed by atoms with Crippen LogP contribution in [0.3, 0.4) is 0 Å². The van der Waals surface area contributed by atoms with Crippen LogP contribution in [0.4, 0.5) is 0 Å². The number of nitrogens with zero attached hydrogens (tertiary/aromatic N) is 4. The molecule has 1 aliphatic rings. The Balaban J connectivity index is 1.92. The lowest BCUT2D eigenvalue weighted by molar-refractivity contribution is -0.576. The van der Waals surface area contributed by atoms with Crippen molar-refractivity contribution in [2.75, 3.05) is 20.3 Å². The Kier molecular flexibility index (Phi) is 6.01. The summed E-state index contributed by atoms with van der Waals surface area (Å²) in [7, 11) is 1.48. The minimum absolute atomic E-state index is 0.00360. The molecule has 0 atom stereocenters. The first-order valence-corrected chi connectivity index (χ1v) is 10.4. The van der Waals surface area contributed by atoms with Gasteiger partial charge in [0.25, 0.3) is 11.6 Å². The monoisotopic (exact) mass is 472 g/mol. The van der Waals surface area contributed by atoms with E-state index >= 15 is 0 Å². The molecule has 0 fully saturated rings. The molecule has 0 unspecified atom stereocenters. The fourth-order valence-corrected chi connectivity index (χ4v) is 3.84. The molecule has 1 aliphatic heterocycles. The number of hydrogen-bond donors (Lipinski definition) is 0. The van der Waals surface area contributed by atoms with Crippen LogP contribution in [-0.2, 0) is 14.3 Å². The standard InChI is InChI=1S/C22H18Cl2N4O4/c1-13-17(21(30)28(25-13)14-6-7-15(23)16(24)12-14)18-19(26-8-4-3-5-9-26)22(31)27(20(18)29)10-11-32-2/h3-9,12H,10-11H2,1-2H3. The van der Waals surface area contributed by atoms with Gasteiger partial charge in [0.1, 0.15) is 5.57 Å². The molecule has 0 bridgehead atoms. The van der Waals surface area contributed by atoms with Crippen molar-refractivity contribution in [3.05, 3.63) is 70.1 Å². The van der Waals surface area contributed by atoms with Crippen molar-refractivity contribution in [1.29, 1.82) is 0 Å². The van der Waals surface area contributed by atoms with Gasteiger partial charge in [-0.1, -0.05) is 29.3 Å². The number of aromatic nitrogens is 3. The first-order valence-electron chi connectivity index (χ1n) is 9.63. The second kappa shape index (κ2) is 8.74. The maximum Gasteiger partial charge on any atom is 0.326 e. The van der Waals surface area contributed by atoms with Crippen LogP contribution >= 0.6 is 23.2 Å². The highest BCUT2D eigenvalue weighted by atomic mass is 35.5. The summed E-state index contributed by atoms with van der Waals surface area (Å²) in [5.41, 5.74) is 0.832. The number of benzene rings is 1. The van der Waals surface area contributed by atoms with E-state index in [2.05, 4.69) is 5.10 Å². The molecule has 0 saturated heterocycles. The fourth-order valence-electron chi connectivity index (χ4n) is 3.55. The van der Waals surface area contributed by atoms with Crippen molar-refractivity contribution in [1.82, 2.24) is 14.7 Å². The van der Waals surface area contributed by atoms with Crippen LogP contribution in [-0.4, -0.2) is 46.8 Å². The third-order valence-corrected chi connectivity index (χ3v) is 5.79. The molecule has 8 nitrogen and oxygen atoms in total. The molecular formula is C22H18Cl2N4O4. The average Bonchev–Trinajstić information content (AvgIpc) is 3.20. The van der Waals surface area contributed by atoms with Crippen molar-refractivity contribution >= 4 is 46.3 Å². The van der Waals surface area contributed by atoms with Crippen LogP contribution in [0.15, 0.2) is 48.8 Å². The summed E-state index contributed by atoms with van der Waals surface area (Å²) in [4.78, 5) is 27.6. The summed E-state index contributed by atoms with van der Waals surface area (Å²) >= 11 is 12.1. The summed E-state index contributed by atoms with van der Waals surface area (Å²) in [6.45, 7) is 1.84. The Labute approximate surface area is 193 Å². The number of pyridine rings is 1. The Bertz CT molecular complexity index is 1250. The molecular weight excluding hydrogens is 455 g/mol. The van der Waals surface area contributed by atoms with Crippen molar-refractivity contribution in [3.8, 4) is 11.6 Å². The number of aryl methyl sites for hydroxylation is 1. The van der Waals surface area contributed by atoms with E-state index in [1.807, 2.05) is 0 Å². The van der Waals surface area contributed by atoms with Gasteiger partial charge in [-0.25, -0.2) is 4.68 Å². The SMILES string of the molecule is COCCN1C(=O)C(c2c(C)nn(-c3ccc(Cl)c(Cl)c3)c2[O-])=C([n+]2ccccc2)C1=O. The van der Waals surface area contributed by atoms with Gasteiger partial charge in [0.05, 0.1) is 34.6 Å². The highest BCUT2D eigenvalue weighted by Gasteiger charge is 2.46. The van der Waals surface area contributed by atoms with Gasteiger partial charge < -0.3 is 9.84 Å². The predicted molar refractivity (Wildman–Crippen MR) is 116 cm³/mol. The summed E-state index contributed by atoms with van der Waals surface area (Å²) < 4.78 is 7.71. The van der Waals surface area contributed by atoms with Crippen molar-refractivity contribution < 1.29 is 24.0 Å². The summed E-state index contributed by atoms with van der Waals surface area (Å²) in [5.74, 6) is -1.63. The second-order valence-electron chi connectivity index (χ2n) is 7.04. The van der Waals surface area contributed by atoms with Gasteiger partial charge >= 0.3 is 5.91 Å². The normalized spacial score (nSPS) is 14.1. The smallest absolute Gasteiger partial charge is 0.326 e. The predicted octanol–water partition coefficient (Wildman–Crippen LogP) is 2.23. The Morgan fingerprint density at radius 2 is 1.81 bits per heavy atom. The van der Waals surface area contributed by atoms with Crippen LogP contribution in [0.2, 0.25) is 10.0 Å². The van der Waals surface area contributed by atoms with Gasteiger partial charge in [-0.05, 0) is 31.0 Å². The number of carbonyl (C=O) groups excluding carboxylic acids is 2. The molecule has 32 heavy (non-hydrogen) atoms. The van der Waals surface area contributed by atoms with Gasteiger partial charge in [0.15, 0.2) is 12.4 Å². The zero-order valence-electron chi connectivity index (χ0n) is 17.2. The van der Waals surface area contributed by atoms with Crippen LogP contribution in [0.5, 0.6) is 5.88 Å². The molecule has 0 saturated carbocycles. The van der Waals surface area contributed by atoms with Crippen molar-refractivity contribution in [2.24, 2.45) is 0 Å². The van der Waals surface area contributed by atoms with Gasteiger partial charge in [0.2, 0.25) is 0 Å². The lowest BCUT2D eigenvalue weighted by atomic mass is 10.0. The number of halogens is 2. The molecule has 164 valence electrons. The van der Waals surface area contributed by atoms with Crippen molar-refractivity contribution in [3.63, 3.8) is 0 Å². The number of carbonyl (C=O) groups is 2. The number of hydrogen-bond acceptors (Lipinski definition) is 5. The maximum absolute atomic E-state index is 13.4. The molecule has 0 aliphatic carbocycles. The molecule has 1 aromatic carbocycles. The number of methoxy groups -OCH3 is 1. The largest absolute Gasteiger partial charge is 0.858 e. The number of amides is 2. The van der Waals surface area contributed by atoms with Gasteiger partial charge in [-0.3, -0.25) is 14.5 Å². The first-order chi connectivity index (χ1) is 15.3. The van der Waals surface area contributed by atoms with E-state index in [9.17, 15) is 14.7 Å². The van der Waals surface area contributed by atoms with E-state index in [-0.39, 0.29) is 35.0 Å². The van der Waals surface area contributed by atoms with E-state index < -0.39 is 17.7 Å².